The predicted octanol–water partition coefficient (Wildman–Crippen LogP) is 2.60. The van der Waals surface area contributed by atoms with Gasteiger partial charge in [0, 0.05) is 19.5 Å². The molecule has 0 aliphatic carbocycles. The van der Waals surface area contributed by atoms with Crippen molar-refractivity contribution in [2.24, 2.45) is 0 Å². The van der Waals surface area contributed by atoms with Gasteiger partial charge in [-0.25, -0.2) is 4.79 Å². The fourth-order valence-corrected chi connectivity index (χ4v) is 1.46. The maximum atomic E-state index is 11.3. The van der Waals surface area contributed by atoms with Gasteiger partial charge in [-0.05, 0) is 33.6 Å². The molecule has 0 fully saturated rings. The van der Waals surface area contributed by atoms with Crippen LogP contribution < -0.4 is 10.6 Å². The Bertz CT molecular complexity index is 272. The number of alkyl carbamates (subject to hydrolysis) is 1. The lowest BCUT2D eigenvalue weighted by Crippen LogP contribution is -2.33. The van der Waals surface area contributed by atoms with Crippen molar-refractivity contribution in [2.45, 2.75) is 65.4 Å². The summed E-state index contributed by atoms with van der Waals surface area (Å²) >= 11 is 0. The number of carbonyl (C=O) groups is 2. The highest BCUT2D eigenvalue weighted by Gasteiger charge is 2.15. The molecule has 0 aromatic rings. The van der Waals surface area contributed by atoms with Crippen LogP contribution in [0.15, 0.2) is 0 Å². The van der Waals surface area contributed by atoms with Crippen LogP contribution in [-0.2, 0) is 9.53 Å². The summed E-state index contributed by atoms with van der Waals surface area (Å²) in [6.45, 7) is 8.76. The third-order valence-electron chi connectivity index (χ3n) is 2.42. The normalized spacial score (nSPS) is 10.9. The van der Waals surface area contributed by atoms with Gasteiger partial charge in [-0.1, -0.05) is 19.8 Å². The Morgan fingerprint density at radius 2 is 1.47 bits per heavy atom. The van der Waals surface area contributed by atoms with E-state index in [4.69, 9.17) is 4.74 Å². The van der Waals surface area contributed by atoms with Crippen molar-refractivity contribution in [1.29, 1.82) is 0 Å². The van der Waals surface area contributed by atoms with Crippen LogP contribution in [0.3, 0.4) is 0 Å². The van der Waals surface area contributed by atoms with Crippen molar-refractivity contribution in [3.05, 3.63) is 0 Å². The molecule has 0 saturated carbocycles. The van der Waals surface area contributed by atoms with Crippen molar-refractivity contribution >= 4 is 12.0 Å². The zero-order chi connectivity index (χ0) is 14.7. The Morgan fingerprint density at radius 1 is 0.947 bits per heavy atom. The van der Waals surface area contributed by atoms with Gasteiger partial charge in [0.05, 0.1) is 0 Å². The molecule has 0 aromatic carbocycles. The Balaban J connectivity index is 3.32. The molecule has 2 N–H and O–H groups in total. The number of carbonyl (C=O) groups excluding carboxylic acids is 2. The third kappa shape index (κ3) is 13.0. The average molecular weight is 272 g/mol. The SMILES string of the molecule is CCC(=O)NCCCCCCNC(=O)OC(C)(C)C. The van der Waals surface area contributed by atoms with Gasteiger partial charge >= 0.3 is 6.09 Å². The van der Waals surface area contributed by atoms with Crippen molar-refractivity contribution in [2.75, 3.05) is 13.1 Å². The number of hydrogen-bond acceptors (Lipinski definition) is 3. The Labute approximate surface area is 116 Å². The highest BCUT2D eigenvalue weighted by Crippen LogP contribution is 2.06. The average Bonchev–Trinajstić information content (AvgIpc) is 2.29. The maximum Gasteiger partial charge on any atom is 0.407 e. The van der Waals surface area contributed by atoms with Gasteiger partial charge in [-0.15, -0.1) is 0 Å². The van der Waals surface area contributed by atoms with Crippen LogP contribution in [0.1, 0.15) is 59.8 Å². The predicted molar refractivity (Wildman–Crippen MR) is 76.0 cm³/mol. The van der Waals surface area contributed by atoms with E-state index in [0.717, 1.165) is 32.2 Å². The molecule has 0 aliphatic heterocycles. The first-order valence-corrected chi connectivity index (χ1v) is 7.08. The van der Waals surface area contributed by atoms with Crippen LogP contribution in [-0.4, -0.2) is 30.7 Å². The molecule has 0 rings (SSSR count). The molecule has 0 bridgehead atoms. The van der Waals surface area contributed by atoms with E-state index in [1.807, 2.05) is 27.7 Å². The van der Waals surface area contributed by atoms with Crippen molar-refractivity contribution in [3.8, 4) is 0 Å². The van der Waals surface area contributed by atoms with Crippen molar-refractivity contribution in [1.82, 2.24) is 10.6 Å². The molecule has 0 atom stereocenters. The van der Waals surface area contributed by atoms with Crippen LogP contribution >= 0.6 is 0 Å². The Morgan fingerprint density at radius 3 is 1.95 bits per heavy atom. The lowest BCUT2D eigenvalue weighted by Gasteiger charge is -2.19. The summed E-state index contributed by atoms with van der Waals surface area (Å²) < 4.78 is 5.12. The number of ether oxygens (including phenoxy) is 1. The molecule has 0 heterocycles. The van der Waals surface area contributed by atoms with Gasteiger partial charge in [0.2, 0.25) is 5.91 Å². The summed E-state index contributed by atoms with van der Waals surface area (Å²) in [6, 6.07) is 0. The first-order chi connectivity index (χ1) is 8.85. The van der Waals surface area contributed by atoms with E-state index in [1.54, 1.807) is 0 Å². The van der Waals surface area contributed by atoms with E-state index >= 15 is 0 Å². The molecule has 112 valence electrons. The lowest BCUT2D eigenvalue weighted by molar-refractivity contribution is -0.120. The van der Waals surface area contributed by atoms with E-state index < -0.39 is 5.60 Å². The summed E-state index contributed by atoms with van der Waals surface area (Å²) in [5.74, 6) is 0.103. The molecular weight excluding hydrogens is 244 g/mol. The van der Waals surface area contributed by atoms with Gasteiger partial charge in [-0.3, -0.25) is 4.79 Å². The first kappa shape index (κ1) is 17.7. The third-order valence-corrected chi connectivity index (χ3v) is 2.42. The molecule has 2 amide bonds. The van der Waals surface area contributed by atoms with Crippen LogP contribution in [0.25, 0.3) is 0 Å². The smallest absolute Gasteiger partial charge is 0.407 e. The Kier molecular flexibility index (Phi) is 9.00. The summed E-state index contributed by atoms with van der Waals surface area (Å²) in [5, 5.41) is 5.57. The second-order valence-electron chi connectivity index (χ2n) is 5.55. The summed E-state index contributed by atoms with van der Waals surface area (Å²) in [6.07, 6.45) is 4.19. The molecule has 0 spiro atoms. The summed E-state index contributed by atoms with van der Waals surface area (Å²) in [4.78, 5) is 22.3. The van der Waals surface area contributed by atoms with E-state index in [9.17, 15) is 9.59 Å². The van der Waals surface area contributed by atoms with Gasteiger partial charge in [0.25, 0.3) is 0 Å². The fraction of sp³-hybridized carbons (Fsp3) is 0.857. The molecule has 5 heteroatoms. The quantitative estimate of drug-likeness (QED) is 0.667. The first-order valence-electron chi connectivity index (χ1n) is 7.08. The van der Waals surface area contributed by atoms with Crippen LogP contribution in [0.5, 0.6) is 0 Å². The second-order valence-corrected chi connectivity index (χ2v) is 5.55. The van der Waals surface area contributed by atoms with E-state index in [1.165, 1.54) is 0 Å². The van der Waals surface area contributed by atoms with E-state index in [-0.39, 0.29) is 12.0 Å². The topological polar surface area (TPSA) is 67.4 Å². The molecule has 5 nitrogen and oxygen atoms in total. The van der Waals surface area contributed by atoms with Crippen LogP contribution in [0, 0.1) is 0 Å². The molecule has 19 heavy (non-hydrogen) atoms. The van der Waals surface area contributed by atoms with Crippen molar-refractivity contribution in [3.63, 3.8) is 0 Å². The zero-order valence-electron chi connectivity index (χ0n) is 12.7. The number of nitrogens with one attached hydrogen (secondary N) is 2. The minimum absolute atomic E-state index is 0.103. The van der Waals surface area contributed by atoms with Crippen molar-refractivity contribution < 1.29 is 14.3 Å². The van der Waals surface area contributed by atoms with E-state index in [0.29, 0.717) is 13.0 Å². The monoisotopic (exact) mass is 272 g/mol. The number of amides is 2. The molecular formula is C14H28N2O3. The highest BCUT2D eigenvalue weighted by molar-refractivity contribution is 5.75. The standard InChI is InChI=1S/C14H28N2O3/c1-5-12(17)15-10-8-6-7-9-11-16-13(18)19-14(2,3)4/h5-11H2,1-4H3,(H,15,17)(H,16,18). The molecule has 0 saturated heterocycles. The fourth-order valence-electron chi connectivity index (χ4n) is 1.46. The van der Waals surface area contributed by atoms with Crippen LogP contribution in [0.2, 0.25) is 0 Å². The zero-order valence-corrected chi connectivity index (χ0v) is 12.7. The van der Waals surface area contributed by atoms with Gasteiger partial charge in [0.15, 0.2) is 0 Å². The molecule has 0 unspecified atom stereocenters. The molecule has 0 radical (unpaired) electrons. The largest absolute Gasteiger partial charge is 0.444 e. The Hall–Kier alpha value is -1.26. The summed E-state index contributed by atoms with van der Waals surface area (Å²) in [7, 11) is 0. The second kappa shape index (κ2) is 9.64. The highest BCUT2D eigenvalue weighted by atomic mass is 16.6. The van der Waals surface area contributed by atoms with Gasteiger partial charge < -0.3 is 15.4 Å². The summed E-state index contributed by atoms with van der Waals surface area (Å²) in [5.41, 5.74) is -0.443. The number of rotatable bonds is 8. The molecule has 0 aromatic heterocycles. The van der Waals surface area contributed by atoms with Gasteiger partial charge in [0.1, 0.15) is 5.60 Å². The minimum atomic E-state index is -0.443. The number of hydrogen-bond donors (Lipinski definition) is 2. The van der Waals surface area contributed by atoms with Gasteiger partial charge in [-0.2, -0.15) is 0 Å². The maximum absolute atomic E-state index is 11.3. The van der Waals surface area contributed by atoms with E-state index in [2.05, 4.69) is 10.6 Å². The molecule has 0 aliphatic rings. The minimum Gasteiger partial charge on any atom is -0.444 e. The lowest BCUT2D eigenvalue weighted by atomic mass is 10.2. The van der Waals surface area contributed by atoms with Crippen LogP contribution in [0.4, 0.5) is 4.79 Å². The number of unbranched alkanes of at least 4 members (excludes halogenated alkanes) is 3.